The molecule has 0 bridgehead atoms. The van der Waals surface area contributed by atoms with E-state index >= 15 is 0 Å². The van der Waals surface area contributed by atoms with Gasteiger partial charge in [-0.2, -0.15) is 0 Å². The largest absolute Gasteiger partial charge is 0.497 e. The molecule has 1 unspecified atom stereocenters. The first-order valence-electron chi connectivity index (χ1n) is 9.53. The van der Waals surface area contributed by atoms with Crippen molar-refractivity contribution < 1.29 is 14.2 Å². The maximum Gasteiger partial charge on any atom is 0.188 e. The number of methoxy groups -OCH3 is 3. The highest BCUT2D eigenvalue weighted by molar-refractivity contribution is 14.0. The van der Waals surface area contributed by atoms with Crippen molar-refractivity contribution in [1.82, 2.24) is 10.2 Å². The fourth-order valence-electron chi connectivity index (χ4n) is 3.00. The van der Waals surface area contributed by atoms with Crippen LogP contribution in [-0.2, 0) is 6.42 Å². The summed E-state index contributed by atoms with van der Waals surface area (Å²) in [5, 5.41) is 3.18. The van der Waals surface area contributed by atoms with Crippen LogP contribution in [0.5, 0.6) is 17.2 Å². The lowest BCUT2D eigenvalue weighted by Gasteiger charge is -2.23. The topological polar surface area (TPSA) is 81.3 Å². The van der Waals surface area contributed by atoms with Crippen molar-refractivity contribution in [2.24, 2.45) is 10.7 Å². The molecule has 0 saturated heterocycles. The summed E-state index contributed by atoms with van der Waals surface area (Å²) in [6.07, 6.45) is 0.798. The van der Waals surface area contributed by atoms with Gasteiger partial charge in [-0.25, -0.2) is 0 Å². The van der Waals surface area contributed by atoms with Gasteiger partial charge in [0, 0.05) is 6.54 Å². The van der Waals surface area contributed by atoms with Crippen LogP contribution in [0.1, 0.15) is 17.2 Å². The van der Waals surface area contributed by atoms with Crippen LogP contribution in [0.4, 0.5) is 0 Å². The van der Waals surface area contributed by atoms with E-state index < -0.39 is 0 Å². The minimum absolute atomic E-state index is 0. The average Bonchev–Trinajstić information content (AvgIpc) is 2.74. The highest BCUT2D eigenvalue weighted by atomic mass is 127. The van der Waals surface area contributed by atoms with Gasteiger partial charge in [0.15, 0.2) is 17.5 Å². The van der Waals surface area contributed by atoms with Crippen LogP contribution >= 0.6 is 24.0 Å². The Hall–Kier alpha value is -2.20. The zero-order valence-corrected chi connectivity index (χ0v) is 20.7. The van der Waals surface area contributed by atoms with E-state index in [-0.39, 0.29) is 30.0 Å². The normalized spacial score (nSPS) is 12.1. The summed E-state index contributed by atoms with van der Waals surface area (Å²) in [7, 11) is 8.99. The van der Waals surface area contributed by atoms with Crippen LogP contribution in [0, 0.1) is 0 Å². The lowest BCUT2D eigenvalue weighted by Crippen LogP contribution is -2.34. The van der Waals surface area contributed by atoms with Crippen LogP contribution in [-0.4, -0.2) is 59.4 Å². The number of ether oxygens (including phenoxy) is 3. The van der Waals surface area contributed by atoms with Gasteiger partial charge in [0.05, 0.1) is 33.9 Å². The van der Waals surface area contributed by atoms with Crippen molar-refractivity contribution >= 4 is 29.9 Å². The van der Waals surface area contributed by atoms with Crippen molar-refractivity contribution in [3.8, 4) is 17.2 Å². The molecule has 7 nitrogen and oxygen atoms in total. The van der Waals surface area contributed by atoms with Crippen LogP contribution in [0.15, 0.2) is 47.5 Å². The number of nitrogens with two attached hydrogens (primary N) is 1. The highest BCUT2D eigenvalue weighted by Crippen LogP contribution is 2.27. The summed E-state index contributed by atoms with van der Waals surface area (Å²) in [5.41, 5.74) is 8.36. The van der Waals surface area contributed by atoms with E-state index in [1.165, 1.54) is 0 Å². The Kier molecular flexibility index (Phi) is 11.3. The SMILES string of the molecule is COc1ccc(C(CN=C(N)NCCc2ccc(OC)c(OC)c2)N(C)C)cc1.I. The van der Waals surface area contributed by atoms with E-state index in [9.17, 15) is 0 Å². The zero-order valence-electron chi connectivity index (χ0n) is 18.3. The molecule has 2 aromatic carbocycles. The maximum atomic E-state index is 6.07. The van der Waals surface area contributed by atoms with Gasteiger partial charge in [0.2, 0.25) is 0 Å². The second-order valence-electron chi connectivity index (χ2n) is 6.84. The Balaban J connectivity index is 0.00000450. The zero-order chi connectivity index (χ0) is 21.2. The van der Waals surface area contributed by atoms with E-state index in [1.807, 2.05) is 44.4 Å². The van der Waals surface area contributed by atoms with Crippen molar-refractivity contribution in [2.45, 2.75) is 12.5 Å². The fraction of sp³-hybridized carbons (Fsp3) is 0.409. The number of likely N-dealkylation sites (N-methyl/N-ethyl adjacent to an activating group) is 1. The summed E-state index contributed by atoms with van der Waals surface area (Å²) >= 11 is 0. The molecule has 0 spiro atoms. The van der Waals surface area contributed by atoms with Crippen molar-refractivity contribution in [3.63, 3.8) is 0 Å². The third-order valence-corrected chi connectivity index (χ3v) is 4.73. The van der Waals surface area contributed by atoms with E-state index in [2.05, 4.69) is 27.3 Å². The van der Waals surface area contributed by atoms with Gasteiger partial charge in [-0.1, -0.05) is 18.2 Å². The molecule has 2 aromatic rings. The summed E-state index contributed by atoms with van der Waals surface area (Å²) < 4.78 is 15.8. The van der Waals surface area contributed by atoms with Crippen molar-refractivity contribution in [1.29, 1.82) is 0 Å². The third-order valence-electron chi connectivity index (χ3n) is 4.73. The molecule has 0 amide bonds. The van der Waals surface area contributed by atoms with Crippen molar-refractivity contribution in [3.05, 3.63) is 53.6 Å². The number of halogens is 1. The monoisotopic (exact) mass is 528 g/mol. The maximum absolute atomic E-state index is 6.07. The van der Waals surface area contributed by atoms with Crippen LogP contribution in [0.2, 0.25) is 0 Å². The molecule has 0 aliphatic rings. The molecule has 0 aromatic heterocycles. The summed E-state index contributed by atoms with van der Waals surface area (Å²) in [6, 6.07) is 14.1. The molecule has 0 fully saturated rings. The van der Waals surface area contributed by atoms with Gasteiger partial charge >= 0.3 is 0 Å². The fourth-order valence-corrected chi connectivity index (χ4v) is 3.00. The molecular formula is C22H33IN4O3. The molecule has 0 heterocycles. The van der Waals surface area contributed by atoms with Gasteiger partial charge < -0.3 is 30.2 Å². The van der Waals surface area contributed by atoms with Crippen LogP contribution < -0.4 is 25.3 Å². The molecular weight excluding hydrogens is 495 g/mol. The van der Waals surface area contributed by atoms with E-state index in [4.69, 9.17) is 19.9 Å². The predicted molar refractivity (Wildman–Crippen MR) is 133 cm³/mol. The van der Waals surface area contributed by atoms with Crippen LogP contribution in [0.3, 0.4) is 0 Å². The van der Waals surface area contributed by atoms with Gasteiger partial charge in [0.25, 0.3) is 0 Å². The highest BCUT2D eigenvalue weighted by Gasteiger charge is 2.14. The first-order chi connectivity index (χ1) is 14.0. The average molecular weight is 528 g/mol. The summed E-state index contributed by atoms with van der Waals surface area (Å²) in [5.74, 6) is 2.72. The number of nitrogens with one attached hydrogen (secondary N) is 1. The Bertz CT molecular complexity index is 797. The quantitative estimate of drug-likeness (QED) is 0.280. The summed E-state index contributed by atoms with van der Waals surface area (Å²) in [6.45, 7) is 1.24. The van der Waals surface area contributed by atoms with Gasteiger partial charge in [0.1, 0.15) is 5.75 Å². The summed E-state index contributed by atoms with van der Waals surface area (Å²) in [4.78, 5) is 6.65. The lowest BCUT2D eigenvalue weighted by atomic mass is 10.1. The minimum atomic E-state index is 0. The number of hydrogen-bond donors (Lipinski definition) is 2. The molecule has 0 saturated carbocycles. The van der Waals surface area contributed by atoms with Crippen LogP contribution in [0.25, 0.3) is 0 Å². The van der Waals surface area contributed by atoms with Gasteiger partial charge in [-0.3, -0.25) is 4.99 Å². The van der Waals surface area contributed by atoms with E-state index in [1.54, 1.807) is 21.3 Å². The Morgan fingerprint density at radius 2 is 1.67 bits per heavy atom. The minimum Gasteiger partial charge on any atom is -0.497 e. The number of aliphatic imine (C=N–C) groups is 1. The molecule has 1 atom stereocenters. The van der Waals surface area contributed by atoms with E-state index in [0.29, 0.717) is 19.0 Å². The predicted octanol–water partition coefficient (Wildman–Crippen LogP) is 3.08. The molecule has 166 valence electrons. The second kappa shape index (κ2) is 13.2. The molecule has 0 aliphatic heterocycles. The molecule has 3 N–H and O–H groups in total. The van der Waals surface area contributed by atoms with E-state index in [0.717, 1.165) is 34.8 Å². The van der Waals surface area contributed by atoms with Crippen molar-refractivity contribution in [2.75, 3.05) is 48.5 Å². The van der Waals surface area contributed by atoms with Gasteiger partial charge in [-0.15, -0.1) is 24.0 Å². The number of nitrogens with zero attached hydrogens (tertiary/aromatic N) is 2. The molecule has 8 heteroatoms. The molecule has 30 heavy (non-hydrogen) atoms. The smallest absolute Gasteiger partial charge is 0.188 e. The molecule has 0 radical (unpaired) electrons. The second-order valence-corrected chi connectivity index (χ2v) is 6.84. The lowest BCUT2D eigenvalue weighted by molar-refractivity contribution is 0.306. The standard InChI is InChI=1S/C22H32N4O3.HI/c1-26(2)19(17-7-9-18(27-3)10-8-17)15-25-22(23)24-13-12-16-6-11-20(28-4)21(14-16)29-5;/h6-11,14,19H,12-13,15H2,1-5H3,(H3,23,24,25);1H. The number of guanidine groups is 1. The Morgan fingerprint density at radius 1 is 1.00 bits per heavy atom. The first kappa shape index (κ1) is 25.8. The number of benzene rings is 2. The number of rotatable bonds is 10. The Labute approximate surface area is 196 Å². The third kappa shape index (κ3) is 7.56. The number of hydrogen-bond acceptors (Lipinski definition) is 5. The Morgan fingerprint density at radius 3 is 2.23 bits per heavy atom. The molecule has 0 aliphatic carbocycles. The van der Waals surface area contributed by atoms with Gasteiger partial charge in [-0.05, 0) is 55.9 Å². The molecule has 2 rings (SSSR count). The first-order valence-corrected chi connectivity index (χ1v) is 9.53.